The number of hydrogen-bond donors (Lipinski definition) is 0. The van der Waals surface area contributed by atoms with Crippen molar-refractivity contribution in [2.24, 2.45) is 0 Å². The summed E-state index contributed by atoms with van der Waals surface area (Å²) in [5, 5.41) is 0. The second kappa shape index (κ2) is 6.28. The van der Waals surface area contributed by atoms with Gasteiger partial charge in [0, 0.05) is 25.2 Å². The zero-order valence-corrected chi connectivity index (χ0v) is 19.3. The molecule has 0 bridgehead atoms. The van der Waals surface area contributed by atoms with E-state index in [2.05, 4.69) is 95.1 Å². The molecule has 0 radical (unpaired) electrons. The fourth-order valence-corrected chi connectivity index (χ4v) is 7.00. The van der Waals surface area contributed by atoms with Crippen LogP contribution >= 0.6 is 0 Å². The van der Waals surface area contributed by atoms with Gasteiger partial charge in [0.05, 0.1) is 17.1 Å². The summed E-state index contributed by atoms with van der Waals surface area (Å²) in [5.41, 5.74) is 21.0. The Morgan fingerprint density at radius 3 is 1.49 bits per heavy atom. The molecular weight excluding hydrogens is 424 g/mol. The third kappa shape index (κ3) is 2.32. The zero-order valence-electron chi connectivity index (χ0n) is 19.3. The molecule has 0 saturated heterocycles. The fourth-order valence-electron chi connectivity index (χ4n) is 7.00. The Bertz CT molecular complexity index is 1630. The molecule has 0 N–H and O–H groups in total. The van der Waals surface area contributed by atoms with Gasteiger partial charge in [-0.05, 0) is 104 Å². The highest BCUT2D eigenvalue weighted by Gasteiger charge is 2.35. The van der Waals surface area contributed by atoms with Gasteiger partial charge >= 0.3 is 0 Å². The Morgan fingerprint density at radius 2 is 0.943 bits per heavy atom. The Labute approximate surface area is 204 Å². The van der Waals surface area contributed by atoms with Crippen molar-refractivity contribution in [1.82, 2.24) is 4.98 Å². The van der Waals surface area contributed by atoms with Crippen LogP contribution in [0.25, 0.3) is 22.3 Å². The van der Waals surface area contributed by atoms with E-state index in [1.807, 2.05) is 0 Å². The molecule has 0 saturated carbocycles. The molecule has 4 aromatic carbocycles. The SMILES string of the molecule is c1ccc2c(c1)Cc1cc3c(cc1-2)Cc1cncc2c1N3c1cc3c(cc1C2)-c1ccccc1C3. The molecule has 164 valence electrons. The van der Waals surface area contributed by atoms with Crippen molar-refractivity contribution in [1.29, 1.82) is 0 Å². The summed E-state index contributed by atoms with van der Waals surface area (Å²) in [7, 11) is 0. The lowest BCUT2D eigenvalue weighted by molar-refractivity contribution is 0.982. The first-order valence-electron chi connectivity index (χ1n) is 12.6. The number of hydrogen-bond acceptors (Lipinski definition) is 2. The van der Waals surface area contributed by atoms with Crippen molar-refractivity contribution in [2.75, 3.05) is 4.90 Å². The highest BCUT2D eigenvalue weighted by Crippen LogP contribution is 2.54. The Kier molecular flexibility index (Phi) is 3.27. The van der Waals surface area contributed by atoms with Crippen molar-refractivity contribution in [2.45, 2.75) is 25.7 Å². The van der Waals surface area contributed by atoms with Gasteiger partial charge in [0.1, 0.15) is 0 Å². The van der Waals surface area contributed by atoms with E-state index in [9.17, 15) is 0 Å². The maximum atomic E-state index is 4.67. The molecule has 2 nitrogen and oxygen atoms in total. The molecule has 0 fully saturated rings. The van der Waals surface area contributed by atoms with Gasteiger partial charge < -0.3 is 4.90 Å². The lowest BCUT2D eigenvalue weighted by atomic mass is 9.85. The average molecular weight is 447 g/mol. The van der Waals surface area contributed by atoms with E-state index in [-0.39, 0.29) is 0 Å². The van der Waals surface area contributed by atoms with Crippen molar-refractivity contribution in [3.05, 3.63) is 130 Å². The normalized spacial score (nSPS) is 14.9. The topological polar surface area (TPSA) is 16.1 Å². The quantitative estimate of drug-likeness (QED) is 0.240. The number of benzene rings is 4. The van der Waals surface area contributed by atoms with Crippen LogP contribution in [0.2, 0.25) is 0 Å². The molecule has 0 atom stereocenters. The molecule has 0 unspecified atom stereocenters. The first kappa shape index (κ1) is 18.2. The van der Waals surface area contributed by atoms with Crippen LogP contribution < -0.4 is 4.90 Å². The molecule has 9 rings (SSSR count). The number of aromatic nitrogens is 1. The molecule has 35 heavy (non-hydrogen) atoms. The minimum Gasteiger partial charge on any atom is -0.309 e. The molecule has 2 aliphatic carbocycles. The summed E-state index contributed by atoms with van der Waals surface area (Å²) in [6.45, 7) is 0. The third-order valence-electron chi connectivity index (χ3n) is 8.52. The van der Waals surface area contributed by atoms with Crippen molar-refractivity contribution >= 4 is 17.1 Å². The highest BCUT2D eigenvalue weighted by atomic mass is 15.2. The maximum Gasteiger partial charge on any atom is 0.0563 e. The number of nitrogens with zero attached hydrogens (tertiary/aromatic N) is 2. The van der Waals surface area contributed by atoms with Crippen LogP contribution in [0.4, 0.5) is 17.1 Å². The summed E-state index contributed by atoms with van der Waals surface area (Å²) in [6.07, 6.45) is 8.12. The summed E-state index contributed by atoms with van der Waals surface area (Å²) in [5.74, 6) is 0. The Balaban J connectivity index is 1.29. The molecular formula is C33H22N2. The standard InChI is InChI=1S/C33H22N2/c1-3-7-27-19(5-1)9-21-15-31-23(13-29(21)27)11-25-17-34-18-26-12-24-14-30-22(16-32(24)35(31)33(25)26)10-20-6-2-4-8-28(20)30/h1-8,13-18H,9-12H2. The Hall–Kier alpha value is -4.17. The summed E-state index contributed by atoms with van der Waals surface area (Å²) >= 11 is 0. The van der Waals surface area contributed by atoms with Crippen LogP contribution in [-0.2, 0) is 25.7 Å². The van der Waals surface area contributed by atoms with Gasteiger partial charge in [-0.25, -0.2) is 0 Å². The first-order valence-corrected chi connectivity index (χ1v) is 12.6. The number of rotatable bonds is 0. The van der Waals surface area contributed by atoms with E-state index in [0.717, 1.165) is 25.7 Å². The Morgan fingerprint density at radius 1 is 0.457 bits per heavy atom. The molecule has 1 aromatic heterocycles. The summed E-state index contributed by atoms with van der Waals surface area (Å²) in [4.78, 5) is 7.24. The molecule has 4 aliphatic rings. The van der Waals surface area contributed by atoms with Crippen molar-refractivity contribution < 1.29 is 0 Å². The third-order valence-corrected chi connectivity index (χ3v) is 8.52. The second-order valence-electron chi connectivity index (χ2n) is 10.4. The number of fused-ring (bicyclic) bond motifs is 10. The van der Waals surface area contributed by atoms with Gasteiger partial charge in [-0.3, -0.25) is 4.98 Å². The van der Waals surface area contributed by atoms with Crippen LogP contribution in [0.5, 0.6) is 0 Å². The lowest BCUT2D eigenvalue weighted by Crippen LogP contribution is -2.25. The zero-order chi connectivity index (χ0) is 22.7. The lowest BCUT2D eigenvalue weighted by Gasteiger charge is -2.39. The predicted molar refractivity (Wildman–Crippen MR) is 141 cm³/mol. The van der Waals surface area contributed by atoms with Crippen molar-refractivity contribution in [3.8, 4) is 22.3 Å². The van der Waals surface area contributed by atoms with Gasteiger partial charge in [0.2, 0.25) is 0 Å². The molecule has 3 heterocycles. The first-order chi connectivity index (χ1) is 17.3. The monoisotopic (exact) mass is 446 g/mol. The van der Waals surface area contributed by atoms with Gasteiger partial charge in [0.15, 0.2) is 0 Å². The molecule has 0 amide bonds. The average Bonchev–Trinajstić information content (AvgIpc) is 3.43. The van der Waals surface area contributed by atoms with E-state index in [1.54, 1.807) is 0 Å². The number of anilines is 3. The second-order valence-corrected chi connectivity index (χ2v) is 10.4. The van der Waals surface area contributed by atoms with Crippen LogP contribution in [0, 0.1) is 0 Å². The number of pyridine rings is 1. The van der Waals surface area contributed by atoms with Gasteiger partial charge in [-0.15, -0.1) is 0 Å². The van der Waals surface area contributed by atoms with E-state index in [4.69, 9.17) is 0 Å². The molecule has 0 spiro atoms. The smallest absolute Gasteiger partial charge is 0.0563 e. The fraction of sp³-hybridized carbons (Fsp3) is 0.121. The van der Waals surface area contributed by atoms with E-state index >= 15 is 0 Å². The van der Waals surface area contributed by atoms with E-state index in [1.165, 1.54) is 83.8 Å². The molecule has 2 heteroatoms. The summed E-state index contributed by atoms with van der Waals surface area (Å²) < 4.78 is 0. The predicted octanol–water partition coefficient (Wildman–Crippen LogP) is 7.50. The van der Waals surface area contributed by atoms with Crippen LogP contribution in [0.15, 0.2) is 85.2 Å². The molecule has 5 aromatic rings. The summed E-state index contributed by atoms with van der Waals surface area (Å²) in [6, 6.07) is 27.7. The minimum absolute atomic E-state index is 0.948. The van der Waals surface area contributed by atoms with Crippen LogP contribution in [0.3, 0.4) is 0 Å². The van der Waals surface area contributed by atoms with Crippen LogP contribution in [0.1, 0.15) is 44.5 Å². The van der Waals surface area contributed by atoms with Gasteiger partial charge in [0.25, 0.3) is 0 Å². The maximum absolute atomic E-state index is 4.67. The van der Waals surface area contributed by atoms with E-state index < -0.39 is 0 Å². The minimum atomic E-state index is 0.948. The van der Waals surface area contributed by atoms with E-state index in [0.29, 0.717) is 0 Å². The van der Waals surface area contributed by atoms with Gasteiger partial charge in [-0.2, -0.15) is 0 Å². The van der Waals surface area contributed by atoms with Crippen LogP contribution in [-0.4, -0.2) is 4.98 Å². The highest BCUT2D eigenvalue weighted by molar-refractivity contribution is 5.93. The van der Waals surface area contributed by atoms with Crippen molar-refractivity contribution in [3.63, 3.8) is 0 Å². The molecule has 2 aliphatic heterocycles. The largest absolute Gasteiger partial charge is 0.309 e. The van der Waals surface area contributed by atoms with Gasteiger partial charge in [-0.1, -0.05) is 48.5 Å².